The highest BCUT2D eigenvalue weighted by atomic mass is 35.5. The number of carbonyl (C=O) groups excluding carboxylic acids is 1. The summed E-state index contributed by atoms with van der Waals surface area (Å²) in [6.07, 6.45) is 2.19. The summed E-state index contributed by atoms with van der Waals surface area (Å²) in [6, 6.07) is 4.62. The van der Waals surface area contributed by atoms with Gasteiger partial charge in [-0.3, -0.25) is 9.52 Å². The Morgan fingerprint density at radius 3 is 2.50 bits per heavy atom. The molecule has 0 atom stereocenters. The molecule has 0 unspecified atom stereocenters. The minimum absolute atomic E-state index is 0.0288. The Balaban J connectivity index is 2.00. The Labute approximate surface area is 136 Å². The van der Waals surface area contributed by atoms with Gasteiger partial charge < -0.3 is 5.32 Å². The fraction of sp³-hybridized carbons (Fsp3) is 0.182. The molecule has 1 heterocycles. The van der Waals surface area contributed by atoms with E-state index in [1.165, 1.54) is 12.3 Å². The molecule has 11 heteroatoms. The number of rotatable bonds is 5. The lowest BCUT2D eigenvalue weighted by molar-refractivity contribution is -0.117. The molecule has 1 amide bonds. The van der Waals surface area contributed by atoms with E-state index in [-0.39, 0.29) is 12.4 Å². The first-order valence-corrected chi connectivity index (χ1v) is 8.50. The number of benzene rings is 1. The molecular formula is C11H11Cl2N5O3S. The molecule has 0 aliphatic carbocycles. The second-order valence-electron chi connectivity index (χ2n) is 4.34. The van der Waals surface area contributed by atoms with E-state index in [0.29, 0.717) is 15.7 Å². The minimum atomic E-state index is -3.45. The molecular weight excluding hydrogens is 353 g/mol. The molecule has 0 fully saturated rings. The maximum Gasteiger partial charge on any atom is 0.247 e. The second-order valence-corrected chi connectivity index (χ2v) is 6.96. The Kier molecular flexibility index (Phi) is 4.89. The highest BCUT2D eigenvalue weighted by Crippen LogP contribution is 2.22. The number of sulfonamides is 1. The van der Waals surface area contributed by atoms with Crippen molar-refractivity contribution in [1.29, 1.82) is 0 Å². The van der Waals surface area contributed by atoms with E-state index in [4.69, 9.17) is 23.2 Å². The van der Waals surface area contributed by atoms with Crippen molar-refractivity contribution in [1.82, 2.24) is 15.0 Å². The van der Waals surface area contributed by atoms with Gasteiger partial charge in [0.25, 0.3) is 0 Å². The van der Waals surface area contributed by atoms with Crippen LogP contribution in [0.25, 0.3) is 0 Å². The molecule has 2 N–H and O–H groups in total. The van der Waals surface area contributed by atoms with Gasteiger partial charge in [0.05, 0.1) is 12.5 Å². The van der Waals surface area contributed by atoms with Gasteiger partial charge in [0, 0.05) is 15.7 Å². The molecule has 0 radical (unpaired) electrons. The van der Waals surface area contributed by atoms with E-state index < -0.39 is 15.9 Å². The van der Waals surface area contributed by atoms with Crippen LogP contribution in [0.1, 0.15) is 0 Å². The van der Waals surface area contributed by atoms with Crippen LogP contribution in [0.2, 0.25) is 10.0 Å². The van der Waals surface area contributed by atoms with Crippen LogP contribution >= 0.6 is 23.2 Å². The van der Waals surface area contributed by atoms with Crippen molar-refractivity contribution < 1.29 is 13.2 Å². The van der Waals surface area contributed by atoms with Crippen LogP contribution in [0, 0.1) is 0 Å². The van der Waals surface area contributed by atoms with E-state index >= 15 is 0 Å². The van der Waals surface area contributed by atoms with Gasteiger partial charge in [-0.25, -0.2) is 8.42 Å². The summed E-state index contributed by atoms with van der Waals surface area (Å²) in [5.41, 5.74) is 0.434. The average Bonchev–Trinajstić information content (AvgIpc) is 2.71. The van der Waals surface area contributed by atoms with Gasteiger partial charge in [-0.1, -0.05) is 23.2 Å². The monoisotopic (exact) mass is 363 g/mol. The minimum Gasteiger partial charge on any atom is -0.324 e. The third kappa shape index (κ3) is 5.17. The average molecular weight is 364 g/mol. The van der Waals surface area contributed by atoms with Crippen molar-refractivity contribution in [2.24, 2.45) is 0 Å². The van der Waals surface area contributed by atoms with Crippen LogP contribution in [0.3, 0.4) is 0 Å². The van der Waals surface area contributed by atoms with Crippen molar-refractivity contribution >= 4 is 50.6 Å². The summed E-state index contributed by atoms with van der Waals surface area (Å²) in [6.45, 7) is -0.199. The van der Waals surface area contributed by atoms with Gasteiger partial charge in [-0.05, 0) is 18.2 Å². The molecule has 0 aliphatic rings. The Bertz CT molecular complexity index is 786. The van der Waals surface area contributed by atoms with E-state index in [9.17, 15) is 13.2 Å². The summed E-state index contributed by atoms with van der Waals surface area (Å²) >= 11 is 11.7. The SMILES string of the molecule is CS(=O)(=O)Nc1cnn(CC(=O)Nc2cc(Cl)cc(Cl)c2)n1. The fourth-order valence-corrected chi connectivity index (χ4v) is 2.56. The predicted molar refractivity (Wildman–Crippen MR) is 83.6 cm³/mol. The maximum absolute atomic E-state index is 11.9. The quantitative estimate of drug-likeness (QED) is 0.838. The molecule has 22 heavy (non-hydrogen) atoms. The molecule has 0 spiro atoms. The van der Waals surface area contributed by atoms with Crippen molar-refractivity contribution in [3.05, 3.63) is 34.4 Å². The number of nitrogens with zero attached hydrogens (tertiary/aromatic N) is 3. The van der Waals surface area contributed by atoms with E-state index in [0.717, 1.165) is 11.1 Å². The number of hydrogen-bond donors (Lipinski definition) is 2. The number of carbonyl (C=O) groups is 1. The third-order valence-electron chi connectivity index (χ3n) is 2.26. The highest BCUT2D eigenvalue weighted by molar-refractivity contribution is 7.92. The summed E-state index contributed by atoms with van der Waals surface area (Å²) in [5, 5.41) is 11.0. The largest absolute Gasteiger partial charge is 0.324 e. The standard InChI is InChI=1S/C11H11Cl2N5O3S/c1-22(20,21)17-10-5-14-18(16-10)6-11(19)15-9-3-7(12)2-8(13)4-9/h2-5H,6H2,1H3,(H,15,19)(H,16,17). The fourth-order valence-electron chi connectivity index (χ4n) is 1.57. The van der Waals surface area contributed by atoms with Crippen LogP contribution in [0.4, 0.5) is 11.5 Å². The molecule has 0 saturated carbocycles. The van der Waals surface area contributed by atoms with Gasteiger partial charge in [0.1, 0.15) is 6.54 Å². The predicted octanol–water partition coefficient (Wildman–Crippen LogP) is 1.60. The summed E-state index contributed by atoms with van der Waals surface area (Å²) in [4.78, 5) is 12.9. The van der Waals surface area contributed by atoms with E-state index in [1.807, 2.05) is 0 Å². The lowest BCUT2D eigenvalue weighted by Gasteiger charge is -2.06. The lowest BCUT2D eigenvalue weighted by Crippen LogP contribution is -2.20. The van der Waals surface area contributed by atoms with Crippen molar-refractivity contribution in [3.8, 4) is 0 Å². The molecule has 2 aromatic rings. The molecule has 8 nitrogen and oxygen atoms in total. The van der Waals surface area contributed by atoms with Crippen LogP contribution in [-0.2, 0) is 21.4 Å². The van der Waals surface area contributed by atoms with Crippen molar-refractivity contribution in [2.45, 2.75) is 6.54 Å². The number of aromatic nitrogens is 3. The first kappa shape index (κ1) is 16.5. The Morgan fingerprint density at radius 2 is 1.91 bits per heavy atom. The molecule has 118 valence electrons. The smallest absolute Gasteiger partial charge is 0.247 e. The molecule has 1 aromatic heterocycles. The van der Waals surface area contributed by atoms with Gasteiger partial charge in [0.15, 0.2) is 5.82 Å². The number of nitrogens with one attached hydrogen (secondary N) is 2. The Hall–Kier alpha value is -1.84. The van der Waals surface area contributed by atoms with Crippen LogP contribution in [0.5, 0.6) is 0 Å². The van der Waals surface area contributed by atoms with Gasteiger partial charge >= 0.3 is 0 Å². The van der Waals surface area contributed by atoms with Crippen LogP contribution < -0.4 is 10.0 Å². The number of anilines is 2. The normalized spacial score (nSPS) is 11.2. The van der Waals surface area contributed by atoms with E-state index in [2.05, 4.69) is 20.2 Å². The second kappa shape index (κ2) is 6.51. The molecule has 1 aromatic carbocycles. The summed E-state index contributed by atoms with van der Waals surface area (Å²) in [7, 11) is -3.45. The van der Waals surface area contributed by atoms with Crippen molar-refractivity contribution in [3.63, 3.8) is 0 Å². The van der Waals surface area contributed by atoms with Gasteiger partial charge in [-0.15, -0.1) is 5.10 Å². The van der Waals surface area contributed by atoms with Crippen LogP contribution in [-0.4, -0.2) is 35.6 Å². The zero-order valence-electron chi connectivity index (χ0n) is 11.2. The number of amides is 1. The first-order valence-electron chi connectivity index (χ1n) is 5.85. The zero-order valence-corrected chi connectivity index (χ0v) is 13.6. The van der Waals surface area contributed by atoms with Crippen molar-refractivity contribution in [2.75, 3.05) is 16.3 Å². The lowest BCUT2D eigenvalue weighted by atomic mass is 10.3. The number of hydrogen-bond acceptors (Lipinski definition) is 5. The summed E-state index contributed by atoms with van der Waals surface area (Å²) < 4.78 is 24.2. The Morgan fingerprint density at radius 1 is 1.27 bits per heavy atom. The van der Waals surface area contributed by atoms with E-state index in [1.54, 1.807) is 12.1 Å². The van der Waals surface area contributed by atoms with Gasteiger partial charge in [-0.2, -0.15) is 9.90 Å². The first-order chi connectivity index (χ1) is 10.2. The van der Waals surface area contributed by atoms with Crippen LogP contribution in [0.15, 0.2) is 24.4 Å². The highest BCUT2D eigenvalue weighted by Gasteiger charge is 2.10. The molecule has 0 bridgehead atoms. The topological polar surface area (TPSA) is 106 Å². The zero-order chi connectivity index (χ0) is 16.3. The summed E-state index contributed by atoms with van der Waals surface area (Å²) in [5.74, 6) is -0.388. The molecule has 0 aliphatic heterocycles. The third-order valence-corrected chi connectivity index (χ3v) is 3.27. The molecule has 2 rings (SSSR count). The molecule has 0 saturated heterocycles. The number of halogens is 2. The maximum atomic E-state index is 11.9. The van der Waals surface area contributed by atoms with Gasteiger partial charge in [0.2, 0.25) is 15.9 Å².